The van der Waals surface area contributed by atoms with Crippen LogP contribution in [0.5, 0.6) is 0 Å². The minimum absolute atomic E-state index is 0.246. The summed E-state index contributed by atoms with van der Waals surface area (Å²) in [6.45, 7) is 12.1. The Kier molecular flexibility index (Phi) is 5.30. The topological polar surface area (TPSA) is 44.9 Å². The van der Waals surface area contributed by atoms with Crippen LogP contribution >= 0.6 is 0 Å². The molecule has 1 aliphatic carbocycles. The molecule has 2 atom stereocenters. The van der Waals surface area contributed by atoms with Crippen molar-refractivity contribution >= 4 is 5.96 Å². The fraction of sp³-hybridized carbons (Fsp3) is 0.938. The Balaban J connectivity index is 2.01. The van der Waals surface area contributed by atoms with E-state index in [4.69, 9.17) is 5.73 Å². The van der Waals surface area contributed by atoms with Crippen molar-refractivity contribution in [3.63, 3.8) is 0 Å². The molecule has 0 aromatic heterocycles. The Morgan fingerprint density at radius 1 is 1.35 bits per heavy atom. The number of hydrogen-bond acceptors (Lipinski definition) is 4. The summed E-state index contributed by atoms with van der Waals surface area (Å²) in [4.78, 5) is 9.50. The summed E-state index contributed by atoms with van der Waals surface area (Å²) >= 11 is 0. The smallest absolute Gasteiger partial charge is 0.191 e. The van der Waals surface area contributed by atoms with Gasteiger partial charge in [0.1, 0.15) is 0 Å². The Morgan fingerprint density at radius 3 is 2.75 bits per heavy atom. The van der Waals surface area contributed by atoms with E-state index in [1.54, 1.807) is 0 Å². The van der Waals surface area contributed by atoms with Gasteiger partial charge in [0.2, 0.25) is 0 Å². The third-order valence-electron chi connectivity index (χ3n) is 5.42. The van der Waals surface area contributed by atoms with Crippen LogP contribution in [-0.4, -0.2) is 54.0 Å². The van der Waals surface area contributed by atoms with Gasteiger partial charge in [-0.05, 0) is 31.8 Å². The molecule has 1 saturated carbocycles. The van der Waals surface area contributed by atoms with Gasteiger partial charge < -0.3 is 15.5 Å². The zero-order valence-corrected chi connectivity index (χ0v) is 13.6. The first-order valence-electron chi connectivity index (χ1n) is 8.45. The van der Waals surface area contributed by atoms with Gasteiger partial charge in [0.25, 0.3) is 0 Å². The lowest BCUT2D eigenvalue weighted by molar-refractivity contribution is 0.0968. The summed E-state index contributed by atoms with van der Waals surface area (Å²) in [6.07, 6.45) is 6.58. The van der Waals surface area contributed by atoms with E-state index >= 15 is 0 Å². The number of likely N-dealkylation sites (N-methyl/N-ethyl adjacent to an activating group) is 1. The number of rotatable bonds is 6. The lowest BCUT2D eigenvalue weighted by Crippen LogP contribution is -2.55. The van der Waals surface area contributed by atoms with Gasteiger partial charge in [-0.3, -0.25) is 4.99 Å². The molecule has 4 nitrogen and oxygen atoms in total. The van der Waals surface area contributed by atoms with Gasteiger partial charge in [0.05, 0.1) is 12.1 Å². The number of hydrogen-bond donors (Lipinski definition) is 1. The van der Waals surface area contributed by atoms with Crippen molar-refractivity contribution in [3.8, 4) is 0 Å². The predicted octanol–water partition coefficient (Wildman–Crippen LogP) is 2.30. The van der Waals surface area contributed by atoms with Crippen LogP contribution in [-0.2, 0) is 0 Å². The quantitative estimate of drug-likeness (QED) is 0.812. The summed E-state index contributed by atoms with van der Waals surface area (Å²) < 4.78 is 0. The highest BCUT2D eigenvalue weighted by molar-refractivity contribution is 5.81. The van der Waals surface area contributed by atoms with Crippen molar-refractivity contribution in [1.82, 2.24) is 9.80 Å². The Bertz CT molecular complexity index is 337. The van der Waals surface area contributed by atoms with Crippen LogP contribution in [0, 0.1) is 5.92 Å². The van der Waals surface area contributed by atoms with Gasteiger partial charge in [0.15, 0.2) is 5.96 Å². The molecular formula is C16H32N4. The first kappa shape index (κ1) is 15.6. The molecule has 0 bridgehead atoms. The molecule has 0 saturated heterocycles. The van der Waals surface area contributed by atoms with Gasteiger partial charge >= 0.3 is 0 Å². The summed E-state index contributed by atoms with van der Waals surface area (Å²) in [5, 5.41) is 0. The third-order valence-corrected chi connectivity index (χ3v) is 5.42. The first-order valence-corrected chi connectivity index (χ1v) is 8.45. The van der Waals surface area contributed by atoms with E-state index in [1.807, 2.05) is 0 Å². The van der Waals surface area contributed by atoms with Crippen molar-refractivity contribution in [3.05, 3.63) is 0 Å². The van der Waals surface area contributed by atoms with Crippen LogP contribution in [0.25, 0.3) is 0 Å². The monoisotopic (exact) mass is 280 g/mol. The molecule has 2 rings (SSSR count). The highest BCUT2D eigenvalue weighted by atomic mass is 15.4. The molecule has 2 N–H and O–H groups in total. The largest absolute Gasteiger partial charge is 0.370 e. The van der Waals surface area contributed by atoms with Gasteiger partial charge in [-0.25, -0.2) is 0 Å². The Hall–Kier alpha value is -0.770. The zero-order chi connectivity index (χ0) is 14.6. The molecule has 20 heavy (non-hydrogen) atoms. The van der Waals surface area contributed by atoms with Crippen LogP contribution in [0.2, 0.25) is 0 Å². The van der Waals surface area contributed by atoms with Gasteiger partial charge in [0, 0.05) is 13.1 Å². The maximum Gasteiger partial charge on any atom is 0.191 e. The second-order valence-corrected chi connectivity index (χ2v) is 6.45. The Labute approximate surface area is 124 Å². The molecule has 0 aromatic rings. The van der Waals surface area contributed by atoms with E-state index in [2.05, 4.69) is 35.6 Å². The Morgan fingerprint density at radius 2 is 2.10 bits per heavy atom. The summed E-state index contributed by atoms with van der Waals surface area (Å²) in [5.74, 6) is 1.65. The predicted molar refractivity (Wildman–Crippen MR) is 86.0 cm³/mol. The summed E-state index contributed by atoms with van der Waals surface area (Å²) in [6, 6.07) is 0. The molecule has 1 spiro atoms. The first-order chi connectivity index (χ1) is 9.65. The second kappa shape index (κ2) is 6.79. The molecule has 1 aliphatic heterocycles. The van der Waals surface area contributed by atoms with Gasteiger partial charge in [-0.1, -0.05) is 40.0 Å². The van der Waals surface area contributed by atoms with E-state index in [0.717, 1.165) is 44.6 Å². The third kappa shape index (κ3) is 3.11. The average molecular weight is 280 g/mol. The lowest BCUT2D eigenvalue weighted by atomic mass is 9.74. The van der Waals surface area contributed by atoms with Gasteiger partial charge in [-0.2, -0.15) is 0 Å². The summed E-state index contributed by atoms with van der Waals surface area (Å²) in [7, 11) is 0. The molecule has 1 fully saturated rings. The summed E-state index contributed by atoms with van der Waals surface area (Å²) in [5.41, 5.74) is 6.44. The fourth-order valence-corrected chi connectivity index (χ4v) is 3.97. The minimum Gasteiger partial charge on any atom is -0.370 e. The number of nitrogens with two attached hydrogens (primary N) is 1. The van der Waals surface area contributed by atoms with Crippen molar-refractivity contribution < 1.29 is 0 Å². The zero-order valence-electron chi connectivity index (χ0n) is 13.6. The van der Waals surface area contributed by atoms with Crippen LogP contribution in [0.3, 0.4) is 0 Å². The lowest BCUT2D eigenvalue weighted by Gasteiger charge is -2.45. The van der Waals surface area contributed by atoms with E-state index < -0.39 is 0 Å². The second-order valence-electron chi connectivity index (χ2n) is 6.45. The van der Waals surface area contributed by atoms with E-state index in [9.17, 15) is 0 Å². The van der Waals surface area contributed by atoms with Crippen LogP contribution < -0.4 is 5.73 Å². The molecule has 0 aromatic carbocycles. The SMILES string of the molecule is CCC1CCCC2(CN=C(N)N2CCN(CC)CC)C1. The van der Waals surface area contributed by atoms with E-state index in [0.29, 0.717) is 0 Å². The van der Waals surface area contributed by atoms with Gasteiger partial charge in [-0.15, -0.1) is 0 Å². The maximum absolute atomic E-state index is 6.20. The average Bonchev–Trinajstić information content (AvgIpc) is 2.77. The fourth-order valence-electron chi connectivity index (χ4n) is 3.97. The standard InChI is InChI=1S/C16H32N4/c1-4-14-8-7-9-16(12-14)13-18-15(17)20(16)11-10-19(5-2)6-3/h14H,4-13H2,1-3H3,(H2,17,18). The van der Waals surface area contributed by atoms with Crippen molar-refractivity contribution in [2.75, 3.05) is 32.7 Å². The van der Waals surface area contributed by atoms with Crippen molar-refractivity contribution in [2.24, 2.45) is 16.6 Å². The molecule has 1 heterocycles. The maximum atomic E-state index is 6.20. The van der Waals surface area contributed by atoms with E-state index in [1.165, 1.54) is 32.1 Å². The van der Waals surface area contributed by atoms with Crippen LogP contribution in [0.4, 0.5) is 0 Å². The van der Waals surface area contributed by atoms with Crippen molar-refractivity contribution in [1.29, 1.82) is 0 Å². The van der Waals surface area contributed by atoms with Crippen LogP contribution in [0.1, 0.15) is 52.9 Å². The molecule has 2 aliphatic rings. The number of guanidine groups is 1. The molecule has 0 amide bonds. The minimum atomic E-state index is 0.246. The molecular weight excluding hydrogens is 248 g/mol. The normalized spacial score (nSPS) is 30.3. The molecule has 2 unspecified atom stereocenters. The highest BCUT2D eigenvalue weighted by Crippen LogP contribution is 2.40. The number of aliphatic imine (C=N–C) groups is 1. The van der Waals surface area contributed by atoms with Crippen LogP contribution in [0.15, 0.2) is 4.99 Å². The molecule has 4 heteroatoms. The molecule has 116 valence electrons. The highest BCUT2D eigenvalue weighted by Gasteiger charge is 2.44. The van der Waals surface area contributed by atoms with E-state index in [-0.39, 0.29) is 5.54 Å². The number of nitrogens with zero attached hydrogens (tertiary/aromatic N) is 3. The van der Waals surface area contributed by atoms with Crippen molar-refractivity contribution in [2.45, 2.75) is 58.4 Å². The molecule has 0 radical (unpaired) electrons.